The van der Waals surface area contributed by atoms with Crippen LogP contribution in [0, 0.1) is 19.8 Å². The molecule has 18 heavy (non-hydrogen) atoms. The van der Waals surface area contributed by atoms with Gasteiger partial charge in [0.2, 0.25) is 0 Å². The quantitative estimate of drug-likeness (QED) is 0.863. The summed E-state index contributed by atoms with van der Waals surface area (Å²) in [6, 6.07) is 0.690. The highest BCUT2D eigenvalue weighted by Crippen LogP contribution is 2.28. The molecule has 1 N–H and O–H groups in total. The van der Waals surface area contributed by atoms with Crippen molar-refractivity contribution in [1.29, 1.82) is 0 Å². The van der Waals surface area contributed by atoms with Crippen LogP contribution in [0.5, 0.6) is 0 Å². The van der Waals surface area contributed by atoms with E-state index in [1.165, 1.54) is 54.1 Å². The first-order chi connectivity index (χ1) is 8.70. The minimum Gasteiger partial charge on any atom is -0.307 e. The van der Waals surface area contributed by atoms with Crippen LogP contribution in [0.2, 0.25) is 0 Å². The smallest absolute Gasteiger partial charge is 0.107 e. The summed E-state index contributed by atoms with van der Waals surface area (Å²) in [5, 5.41) is 4.99. The van der Waals surface area contributed by atoms with Crippen molar-refractivity contribution in [2.75, 3.05) is 0 Å². The van der Waals surface area contributed by atoms with Crippen LogP contribution in [0.25, 0.3) is 0 Å². The standard InChI is InChI=1S/C15H26N2S/c1-4-14(13-8-6-5-7-9-13)16-10-15-17-11(2)12(3)18-15/h13-14,16H,4-10H2,1-3H3. The lowest BCUT2D eigenvalue weighted by Gasteiger charge is -2.30. The van der Waals surface area contributed by atoms with Gasteiger partial charge in [-0.25, -0.2) is 4.98 Å². The van der Waals surface area contributed by atoms with Gasteiger partial charge in [0.05, 0.1) is 5.69 Å². The Kier molecular flexibility index (Phi) is 5.19. The summed E-state index contributed by atoms with van der Waals surface area (Å²) >= 11 is 1.84. The molecule has 3 heteroatoms. The third-order valence-electron chi connectivity index (χ3n) is 4.25. The molecular formula is C15H26N2S. The van der Waals surface area contributed by atoms with Crippen molar-refractivity contribution in [3.05, 3.63) is 15.6 Å². The molecule has 1 aromatic rings. The maximum absolute atomic E-state index is 4.62. The van der Waals surface area contributed by atoms with Crippen LogP contribution < -0.4 is 5.32 Å². The first-order valence-corrected chi connectivity index (χ1v) is 8.18. The highest BCUT2D eigenvalue weighted by atomic mass is 32.1. The molecule has 0 aromatic carbocycles. The molecule has 0 aliphatic heterocycles. The lowest BCUT2D eigenvalue weighted by atomic mass is 9.83. The predicted octanol–water partition coefficient (Wildman–Crippen LogP) is 4.21. The van der Waals surface area contributed by atoms with E-state index in [9.17, 15) is 0 Å². The van der Waals surface area contributed by atoms with E-state index in [4.69, 9.17) is 0 Å². The summed E-state index contributed by atoms with van der Waals surface area (Å²) in [5.41, 5.74) is 1.20. The van der Waals surface area contributed by atoms with Gasteiger partial charge in [-0.1, -0.05) is 26.2 Å². The van der Waals surface area contributed by atoms with Gasteiger partial charge in [0, 0.05) is 17.5 Å². The lowest BCUT2D eigenvalue weighted by Crippen LogP contribution is -2.36. The van der Waals surface area contributed by atoms with Gasteiger partial charge in [0.25, 0.3) is 0 Å². The molecule has 102 valence electrons. The average molecular weight is 266 g/mol. The van der Waals surface area contributed by atoms with Crippen LogP contribution in [0.1, 0.15) is 61.0 Å². The number of aromatic nitrogens is 1. The average Bonchev–Trinajstić information content (AvgIpc) is 2.71. The Balaban J connectivity index is 1.86. The predicted molar refractivity (Wildman–Crippen MR) is 79.1 cm³/mol. The van der Waals surface area contributed by atoms with Gasteiger partial charge in [0.1, 0.15) is 5.01 Å². The molecule has 2 rings (SSSR count). The third-order valence-corrected chi connectivity index (χ3v) is 5.32. The van der Waals surface area contributed by atoms with Gasteiger partial charge in [-0.2, -0.15) is 0 Å². The zero-order valence-corrected chi connectivity index (χ0v) is 12.8. The molecule has 1 aromatic heterocycles. The van der Waals surface area contributed by atoms with Crippen LogP contribution in [-0.4, -0.2) is 11.0 Å². The van der Waals surface area contributed by atoms with Crippen molar-refractivity contribution in [3.63, 3.8) is 0 Å². The molecule has 1 unspecified atom stereocenters. The van der Waals surface area contributed by atoms with Crippen LogP contribution in [0.3, 0.4) is 0 Å². The minimum atomic E-state index is 0.690. The maximum atomic E-state index is 4.62. The number of aryl methyl sites for hydroxylation is 2. The van der Waals surface area contributed by atoms with Crippen molar-refractivity contribution in [3.8, 4) is 0 Å². The molecule has 0 saturated heterocycles. The minimum absolute atomic E-state index is 0.690. The number of hydrogen-bond acceptors (Lipinski definition) is 3. The number of hydrogen-bond donors (Lipinski definition) is 1. The Morgan fingerprint density at radius 1 is 1.28 bits per heavy atom. The Morgan fingerprint density at radius 3 is 2.56 bits per heavy atom. The summed E-state index contributed by atoms with van der Waals surface area (Å²) in [5.74, 6) is 0.894. The number of nitrogens with zero attached hydrogens (tertiary/aromatic N) is 1. The Hall–Kier alpha value is -0.410. The molecule has 1 heterocycles. The molecule has 0 radical (unpaired) electrons. The molecule has 1 aliphatic carbocycles. The fourth-order valence-corrected chi connectivity index (χ4v) is 3.90. The van der Waals surface area contributed by atoms with E-state index < -0.39 is 0 Å². The highest BCUT2D eigenvalue weighted by molar-refractivity contribution is 7.11. The van der Waals surface area contributed by atoms with E-state index in [0.29, 0.717) is 6.04 Å². The van der Waals surface area contributed by atoms with Crippen LogP contribution in [0.4, 0.5) is 0 Å². The first-order valence-electron chi connectivity index (χ1n) is 7.37. The van der Waals surface area contributed by atoms with Crippen LogP contribution in [-0.2, 0) is 6.54 Å². The maximum Gasteiger partial charge on any atom is 0.107 e. The molecule has 2 nitrogen and oxygen atoms in total. The van der Waals surface area contributed by atoms with Crippen molar-refractivity contribution >= 4 is 11.3 Å². The van der Waals surface area contributed by atoms with Gasteiger partial charge in [0.15, 0.2) is 0 Å². The Morgan fingerprint density at radius 2 is 2.00 bits per heavy atom. The second-order valence-corrected chi connectivity index (χ2v) is 6.83. The summed E-state index contributed by atoms with van der Waals surface area (Å²) in [6.45, 7) is 7.53. The Labute approximate surface area is 115 Å². The molecule has 0 amide bonds. The van der Waals surface area contributed by atoms with Crippen molar-refractivity contribution in [2.24, 2.45) is 5.92 Å². The summed E-state index contributed by atoms with van der Waals surface area (Å²) in [7, 11) is 0. The van der Waals surface area contributed by atoms with Crippen molar-refractivity contribution in [2.45, 2.75) is 71.9 Å². The fraction of sp³-hybridized carbons (Fsp3) is 0.800. The van der Waals surface area contributed by atoms with Crippen LogP contribution >= 0.6 is 11.3 Å². The molecule has 1 atom stereocenters. The highest BCUT2D eigenvalue weighted by Gasteiger charge is 2.22. The summed E-state index contributed by atoms with van der Waals surface area (Å²) in [6.07, 6.45) is 8.38. The van der Waals surface area contributed by atoms with Crippen LogP contribution in [0.15, 0.2) is 0 Å². The number of thiazole rings is 1. The fourth-order valence-electron chi connectivity index (χ4n) is 3.01. The largest absolute Gasteiger partial charge is 0.307 e. The lowest BCUT2D eigenvalue weighted by molar-refractivity contribution is 0.261. The number of nitrogens with one attached hydrogen (secondary N) is 1. The SMILES string of the molecule is CCC(NCc1nc(C)c(C)s1)C1CCCCC1. The van der Waals surface area contributed by atoms with Crippen molar-refractivity contribution < 1.29 is 0 Å². The molecule has 1 aliphatic rings. The van der Waals surface area contributed by atoms with Gasteiger partial charge in [-0.05, 0) is 39.0 Å². The Bertz CT molecular complexity index is 347. The van der Waals surface area contributed by atoms with Gasteiger partial charge in [-0.15, -0.1) is 11.3 Å². The zero-order chi connectivity index (χ0) is 13.0. The molecule has 1 saturated carbocycles. The monoisotopic (exact) mass is 266 g/mol. The first kappa shape index (κ1) is 14.0. The molecular weight excluding hydrogens is 240 g/mol. The van der Waals surface area contributed by atoms with E-state index >= 15 is 0 Å². The molecule has 1 fully saturated rings. The summed E-state index contributed by atoms with van der Waals surface area (Å²) in [4.78, 5) is 5.98. The van der Waals surface area contributed by atoms with Crippen molar-refractivity contribution in [1.82, 2.24) is 10.3 Å². The third kappa shape index (κ3) is 3.55. The summed E-state index contributed by atoms with van der Waals surface area (Å²) < 4.78 is 0. The van der Waals surface area contributed by atoms with Gasteiger partial charge < -0.3 is 5.32 Å². The molecule has 0 bridgehead atoms. The van der Waals surface area contributed by atoms with E-state index in [-0.39, 0.29) is 0 Å². The molecule has 0 spiro atoms. The topological polar surface area (TPSA) is 24.9 Å². The van der Waals surface area contributed by atoms with E-state index in [2.05, 4.69) is 31.1 Å². The van der Waals surface area contributed by atoms with E-state index in [0.717, 1.165) is 12.5 Å². The zero-order valence-electron chi connectivity index (χ0n) is 12.0. The van der Waals surface area contributed by atoms with E-state index in [1.54, 1.807) is 0 Å². The number of rotatable bonds is 5. The van der Waals surface area contributed by atoms with E-state index in [1.807, 2.05) is 11.3 Å². The second kappa shape index (κ2) is 6.67. The van der Waals surface area contributed by atoms with Gasteiger partial charge >= 0.3 is 0 Å². The normalized spacial score (nSPS) is 19.1. The van der Waals surface area contributed by atoms with Gasteiger partial charge in [-0.3, -0.25) is 0 Å². The second-order valence-electron chi connectivity index (χ2n) is 5.54.